The largest absolute Gasteiger partial charge is 0.433 e. The number of halogens is 4. The van der Waals surface area contributed by atoms with E-state index < -0.39 is 46.2 Å². The number of benzene rings is 1. The minimum Gasteiger partial charge on any atom is -0.387 e. The molecule has 0 aliphatic carbocycles. The van der Waals surface area contributed by atoms with Gasteiger partial charge in [-0.2, -0.15) is 21.6 Å². The van der Waals surface area contributed by atoms with Crippen LogP contribution in [0, 0.1) is 0 Å². The van der Waals surface area contributed by atoms with E-state index >= 15 is 0 Å². The molecule has 0 N–H and O–H groups in total. The zero-order chi connectivity index (χ0) is 30.4. The molecule has 1 atom stereocenters. The fraction of sp³-hybridized carbons (Fsp3) is 0.440. The number of likely N-dealkylation sites (tertiary alicyclic amines) is 1. The van der Waals surface area contributed by atoms with Crippen LogP contribution in [0.5, 0.6) is 5.75 Å². The van der Waals surface area contributed by atoms with E-state index in [0.717, 1.165) is 15.8 Å². The molecule has 2 aliphatic rings. The smallest absolute Gasteiger partial charge is 0.387 e. The fourth-order valence-electron chi connectivity index (χ4n) is 4.95. The molecule has 1 amide bonds. The lowest BCUT2D eigenvalue weighted by Crippen LogP contribution is -2.41. The number of thiazole rings is 1. The summed E-state index contributed by atoms with van der Waals surface area (Å²) in [6.07, 6.45) is -2.46. The number of aromatic nitrogens is 3. The van der Waals surface area contributed by atoms with Crippen molar-refractivity contribution in [3.05, 3.63) is 67.2 Å². The van der Waals surface area contributed by atoms with Crippen molar-refractivity contribution in [1.82, 2.24) is 19.0 Å². The van der Waals surface area contributed by atoms with Gasteiger partial charge in [0.05, 0.1) is 27.5 Å². The van der Waals surface area contributed by atoms with Crippen LogP contribution in [0.4, 0.5) is 13.2 Å². The SMILES string of the molecule is Cn1cc(C(F)(F)F)n(CC(=O)N2CCC(c3nc(C4=NOC(c5c(Cl)cccc5OS(C)(=O)=O)C4)cs3)CC2)c1=O. The van der Waals surface area contributed by atoms with Crippen molar-refractivity contribution in [1.29, 1.82) is 0 Å². The van der Waals surface area contributed by atoms with Gasteiger partial charge in [-0.1, -0.05) is 22.8 Å². The Morgan fingerprint density at radius 1 is 1.26 bits per heavy atom. The molecule has 0 saturated carbocycles. The van der Waals surface area contributed by atoms with Gasteiger partial charge in [-0.05, 0) is 25.0 Å². The molecule has 2 aromatic heterocycles. The minimum absolute atomic E-state index is 0.0232. The predicted octanol–water partition coefficient (Wildman–Crippen LogP) is 3.93. The molecule has 1 saturated heterocycles. The highest BCUT2D eigenvalue weighted by molar-refractivity contribution is 7.86. The van der Waals surface area contributed by atoms with Crippen LogP contribution < -0.4 is 9.87 Å². The van der Waals surface area contributed by atoms with E-state index in [-0.39, 0.29) is 23.1 Å². The molecule has 0 bridgehead atoms. The van der Waals surface area contributed by atoms with Gasteiger partial charge >= 0.3 is 22.0 Å². The van der Waals surface area contributed by atoms with Crippen molar-refractivity contribution in [2.75, 3.05) is 19.3 Å². The van der Waals surface area contributed by atoms with Crippen LogP contribution >= 0.6 is 22.9 Å². The number of rotatable bonds is 7. The molecular weight excluding hydrogens is 623 g/mol. The number of carbonyl (C=O) groups is 1. The molecule has 11 nitrogen and oxygen atoms in total. The first kappa shape index (κ1) is 30.1. The van der Waals surface area contributed by atoms with Crippen LogP contribution in [-0.2, 0) is 39.5 Å². The summed E-state index contributed by atoms with van der Waals surface area (Å²) in [5.74, 6) is -0.483. The summed E-state index contributed by atoms with van der Waals surface area (Å²) in [6, 6.07) is 4.64. The number of alkyl halides is 3. The maximum Gasteiger partial charge on any atom is 0.433 e. The fourth-order valence-corrected chi connectivity index (χ4v) is 6.71. The number of amides is 1. The molecule has 0 radical (unpaired) electrons. The van der Waals surface area contributed by atoms with E-state index in [1.165, 1.54) is 29.4 Å². The number of hydrogen-bond acceptors (Lipinski definition) is 9. The van der Waals surface area contributed by atoms with Gasteiger partial charge in [-0.25, -0.2) is 9.78 Å². The van der Waals surface area contributed by atoms with Crippen LogP contribution in [0.3, 0.4) is 0 Å². The maximum atomic E-state index is 13.3. The van der Waals surface area contributed by atoms with E-state index in [4.69, 9.17) is 25.6 Å². The average Bonchev–Trinajstić information content (AvgIpc) is 3.64. The molecule has 4 heterocycles. The Bertz CT molecular complexity index is 1710. The molecular formula is C25H25ClF3N5O6S2. The molecule has 42 heavy (non-hydrogen) atoms. The van der Waals surface area contributed by atoms with Crippen LogP contribution in [0.25, 0.3) is 0 Å². The third-order valence-corrected chi connectivity index (χ3v) is 8.80. The summed E-state index contributed by atoms with van der Waals surface area (Å²) < 4.78 is 69.8. The van der Waals surface area contributed by atoms with Crippen molar-refractivity contribution in [2.45, 2.75) is 44.0 Å². The summed E-state index contributed by atoms with van der Waals surface area (Å²) in [5, 5.41) is 7.06. The van der Waals surface area contributed by atoms with Crippen molar-refractivity contribution >= 4 is 44.7 Å². The van der Waals surface area contributed by atoms with Crippen molar-refractivity contribution in [3.8, 4) is 5.75 Å². The van der Waals surface area contributed by atoms with Crippen molar-refractivity contribution in [3.63, 3.8) is 0 Å². The molecule has 5 rings (SSSR count). The molecule has 226 valence electrons. The van der Waals surface area contributed by atoms with Crippen molar-refractivity contribution < 1.29 is 35.4 Å². The standard InChI is InChI=1S/C25H25ClF3N5O6S2/c1-32-11-20(25(27,28)29)34(24(32)36)12-21(35)33-8-6-14(7-9-33)23-30-17(13-41-23)16-10-19(39-31-16)22-15(26)4-3-5-18(22)40-42(2,37)38/h3-5,11,13-14,19H,6-10,12H2,1-2H3. The third kappa shape index (κ3) is 6.34. The number of piperidine rings is 1. The number of carbonyl (C=O) groups excluding carboxylic acids is 1. The predicted molar refractivity (Wildman–Crippen MR) is 147 cm³/mol. The van der Waals surface area contributed by atoms with Crippen LogP contribution in [0.15, 0.2) is 39.7 Å². The lowest BCUT2D eigenvalue weighted by Gasteiger charge is -2.31. The van der Waals surface area contributed by atoms with Gasteiger partial charge in [0.2, 0.25) is 5.91 Å². The van der Waals surface area contributed by atoms with Gasteiger partial charge in [-0.15, -0.1) is 11.3 Å². The second-order valence-electron chi connectivity index (χ2n) is 9.99. The Morgan fingerprint density at radius 2 is 1.98 bits per heavy atom. The Balaban J connectivity index is 1.21. The topological polar surface area (TPSA) is 125 Å². The average molecular weight is 648 g/mol. The number of aryl methyl sites for hydroxylation is 1. The first-order valence-electron chi connectivity index (χ1n) is 12.7. The molecule has 17 heteroatoms. The van der Waals surface area contributed by atoms with E-state index in [1.54, 1.807) is 12.1 Å². The van der Waals surface area contributed by atoms with Crippen LogP contribution in [-0.4, -0.2) is 58.4 Å². The van der Waals surface area contributed by atoms with Crippen LogP contribution in [0.1, 0.15) is 53.2 Å². The summed E-state index contributed by atoms with van der Waals surface area (Å²) in [7, 11) is -2.60. The molecule has 3 aromatic rings. The lowest BCUT2D eigenvalue weighted by molar-refractivity contribution is -0.145. The first-order chi connectivity index (χ1) is 19.7. The Hall–Kier alpha value is -3.37. The van der Waals surface area contributed by atoms with E-state index in [1.807, 2.05) is 5.38 Å². The highest BCUT2D eigenvalue weighted by atomic mass is 35.5. The second-order valence-corrected chi connectivity index (χ2v) is 12.9. The Labute approximate surface area is 247 Å². The van der Waals surface area contributed by atoms with E-state index in [0.29, 0.717) is 53.7 Å². The van der Waals surface area contributed by atoms with Crippen molar-refractivity contribution in [2.24, 2.45) is 12.2 Å². The Morgan fingerprint density at radius 3 is 2.64 bits per heavy atom. The summed E-state index contributed by atoms with van der Waals surface area (Å²) >= 11 is 7.76. The van der Waals surface area contributed by atoms with Gasteiger partial charge in [0.1, 0.15) is 18.0 Å². The number of nitrogens with zero attached hydrogens (tertiary/aromatic N) is 5. The number of oxime groups is 1. The van der Waals surface area contributed by atoms with Crippen LogP contribution in [0.2, 0.25) is 5.02 Å². The molecule has 1 fully saturated rings. The highest BCUT2D eigenvalue weighted by Crippen LogP contribution is 2.40. The first-order valence-corrected chi connectivity index (χ1v) is 15.8. The minimum atomic E-state index is -4.76. The maximum absolute atomic E-state index is 13.3. The quantitative estimate of drug-likeness (QED) is 0.356. The van der Waals surface area contributed by atoms with Gasteiger partial charge in [0, 0.05) is 44.1 Å². The zero-order valence-electron chi connectivity index (χ0n) is 22.3. The number of imidazole rings is 1. The highest BCUT2D eigenvalue weighted by Gasteiger charge is 2.37. The monoisotopic (exact) mass is 647 g/mol. The van der Waals surface area contributed by atoms with Gasteiger partial charge in [0.15, 0.2) is 11.9 Å². The van der Waals surface area contributed by atoms with Gasteiger partial charge in [0.25, 0.3) is 0 Å². The van der Waals surface area contributed by atoms with E-state index in [9.17, 15) is 31.2 Å². The summed E-state index contributed by atoms with van der Waals surface area (Å²) in [5.41, 5.74) is -0.569. The molecule has 1 aromatic carbocycles. The second kappa shape index (κ2) is 11.4. The number of hydrogen-bond donors (Lipinski definition) is 0. The molecule has 0 spiro atoms. The normalized spacial score (nSPS) is 18.2. The zero-order valence-corrected chi connectivity index (χ0v) is 24.7. The summed E-state index contributed by atoms with van der Waals surface area (Å²) in [4.78, 5) is 36.7. The van der Waals surface area contributed by atoms with Gasteiger partial charge in [-0.3, -0.25) is 9.36 Å². The van der Waals surface area contributed by atoms with Gasteiger partial charge < -0.3 is 18.5 Å². The molecule has 2 aliphatic heterocycles. The lowest BCUT2D eigenvalue weighted by atomic mass is 9.97. The van der Waals surface area contributed by atoms with E-state index in [2.05, 4.69) is 5.16 Å². The molecule has 1 unspecified atom stereocenters. The summed E-state index contributed by atoms with van der Waals surface area (Å²) in [6.45, 7) is -0.0733. The Kier molecular flexibility index (Phi) is 8.15. The third-order valence-electron chi connectivity index (χ3n) is 6.98.